The average Bonchev–Trinajstić information content (AvgIpc) is 2.78. The Hall–Kier alpha value is -1.72. The minimum absolute atomic E-state index is 0.461. The number of nitrogens with zero attached hydrogens (tertiary/aromatic N) is 2. The van der Waals surface area contributed by atoms with Gasteiger partial charge in [0.05, 0.1) is 22.4 Å². The summed E-state index contributed by atoms with van der Waals surface area (Å²) in [6.45, 7) is 0.756. The van der Waals surface area contributed by atoms with Crippen molar-refractivity contribution in [1.82, 2.24) is 9.55 Å². The summed E-state index contributed by atoms with van der Waals surface area (Å²) in [5.41, 5.74) is 8.99. The summed E-state index contributed by atoms with van der Waals surface area (Å²) in [5, 5.41) is 0. The maximum atomic E-state index is 5.70. The molecule has 0 aliphatic rings. The van der Waals surface area contributed by atoms with Crippen LogP contribution in [-0.4, -0.2) is 14.5 Å². The van der Waals surface area contributed by atoms with E-state index < -0.39 is 0 Å². The molecule has 3 nitrogen and oxygen atoms in total. The highest BCUT2D eigenvalue weighted by molar-refractivity contribution is 9.10. The van der Waals surface area contributed by atoms with Gasteiger partial charge in [0.25, 0.3) is 0 Å². The first-order chi connectivity index (χ1) is 10.1. The molecule has 2 N–H and O–H groups in total. The van der Waals surface area contributed by atoms with Gasteiger partial charge in [-0.05, 0) is 29.8 Å². The Kier molecular flexibility index (Phi) is 4.03. The predicted octanol–water partition coefficient (Wildman–Crippen LogP) is 3.68. The first-order valence-corrected chi connectivity index (χ1v) is 7.80. The van der Waals surface area contributed by atoms with Gasteiger partial charge >= 0.3 is 0 Å². The van der Waals surface area contributed by atoms with E-state index in [9.17, 15) is 0 Å². The molecule has 1 heterocycles. The summed E-state index contributed by atoms with van der Waals surface area (Å²) in [5.74, 6) is 0.909. The number of halogens is 1. The highest BCUT2D eigenvalue weighted by Crippen LogP contribution is 2.19. The number of hydrogen-bond donors (Lipinski definition) is 1. The third-order valence-corrected chi connectivity index (χ3v) is 3.99. The van der Waals surface area contributed by atoms with Crippen molar-refractivity contribution in [1.29, 1.82) is 0 Å². The lowest BCUT2D eigenvalue weighted by Gasteiger charge is -2.09. The number of nitrogens with two attached hydrogens (primary N) is 1. The van der Waals surface area contributed by atoms with Crippen LogP contribution in [0.1, 0.15) is 11.4 Å². The van der Waals surface area contributed by atoms with Gasteiger partial charge in [0, 0.05) is 11.0 Å². The first-order valence-electron chi connectivity index (χ1n) is 6.60. The van der Waals surface area contributed by atoms with Crippen LogP contribution in [-0.2, 0) is 13.0 Å². The highest BCUT2D eigenvalue weighted by atomic mass is 79.9. The van der Waals surface area contributed by atoms with Gasteiger partial charge in [-0.3, -0.25) is 0 Å². The molecule has 2 aromatic carbocycles. The Balaban J connectivity index is 2.05. The van der Waals surface area contributed by atoms with Gasteiger partial charge in [-0.25, -0.2) is 4.98 Å². The van der Waals surface area contributed by atoms with Crippen molar-refractivity contribution in [2.45, 2.75) is 13.0 Å². The number of hydrogen-bond acceptors (Lipinski definition) is 2. The number of aromatic nitrogens is 2. The number of imidazole rings is 1. The van der Waals surface area contributed by atoms with Crippen LogP contribution in [0.5, 0.6) is 0 Å². The van der Waals surface area contributed by atoms with Crippen LogP contribution in [0.2, 0.25) is 0 Å². The summed E-state index contributed by atoms with van der Waals surface area (Å²) < 4.78 is 3.25. The van der Waals surface area contributed by atoms with Crippen molar-refractivity contribution in [3.05, 3.63) is 64.4 Å². The molecular weight excluding hydrogens is 346 g/mol. The predicted molar refractivity (Wildman–Crippen MR) is 93.5 cm³/mol. The molecule has 0 fully saturated rings. The van der Waals surface area contributed by atoms with Crippen LogP contribution in [0.25, 0.3) is 11.0 Å². The van der Waals surface area contributed by atoms with Gasteiger partial charge in [-0.15, -0.1) is 0 Å². The quantitative estimate of drug-likeness (QED) is 0.722. The zero-order valence-electron chi connectivity index (χ0n) is 11.3. The standard InChI is InChI=1S/C16H14BrN3S/c17-12-7-5-11(6-8-12)10-20-14-4-2-1-3-13(14)19-16(20)9-15(18)21/h1-8H,9-10H2,(H2,18,21). The molecule has 0 atom stereocenters. The van der Waals surface area contributed by atoms with E-state index in [0.29, 0.717) is 11.4 Å². The van der Waals surface area contributed by atoms with Crippen LogP contribution in [0.3, 0.4) is 0 Å². The normalized spacial score (nSPS) is 10.9. The largest absolute Gasteiger partial charge is 0.393 e. The molecule has 106 valence electrons. The smallest absolute Gasteiger partial charge is 0.116 e. The molecule has 21 heavy (non-hydrogen) atoms. The van der Waals surface area contributed by atoms with Gasteiger partial charge in [0.1, 0.15) is 5.82 Å². The third-order valence-electron chi connectivity index (χ3n) is 3.32. The SMILES string of the molecule is NC(=S)Cc1nc2ccccc2n1Cc1ccc(Br)cc1. The van der Waals surface area contributed by atoms with Crippen molar-refractivity contribution in [2.75, 3.05) is 0 Å². The second kappa shape index (κ2) is 5.95. The fourth-order valence-electron chi connectivity index (χ4n) is 2.37. The van der Waals surface area contributed by atoms with Gasteiger partial charge in [0.2, 0.25) is 0 Å². The number of fused-ring (bicyclic) bond motifs is 1. The van der Waals surface area contributed by atoms with Crippen molar-refractivity contribution in [3.8, 4) is 0 Å². The maximum Gasteiger partial charge on any atom is 0.116 e. The van der Waals surface area contributed by atoms with Crippen LogP contribution in [0.15, 0.2) is 53.0 Å². The van der Waals surface area contributed by atoms with Crippen molar-refractivity contribution in [2.24, 2.45) is 5.73 Å². The van der Waals surface area contributed by atoms with Crippen LogP contribution in [0.4, 0.5) is 0 Å². The molecule has 0 saturated carbocycles. The molecule has 0 amide bonds. The molecule has 0 unspecified atom stereocenters. The lowest BCUT2D eigenvalue weighted by molar-refractivity contribution is 0.774. The molecule has 0 bridgehead atoms. The van der Waals surface area contributed by atoms with Crippen LogP contribution < -0.4 is 5.73 Å². The van der Waals surface area contributed by atoms with E-state index in [1.165, 1.54) is 5.56 Å². The Morgan fingerprint density at radius 2 is 1.86 bits per heavy atom. The fourth-order valence-corrected chi connectivity index (χ4v) is 2.76. The summed E-state index contributed by atoms with van der Waals surface area (Å²) >= 11 is 8.50. The van der Waals surface area contributed by atoms with Crippen LogP contribution >= 0.6 is 28.1 Å². The number of thiocarbonyl (C=S) groups is 1. The molecule has 3 aromatic rings. The molecular formula is C16H14BrN3S. The Labute approximate surface area is 136 Å². The number of benzene rings is 2. The van der Waals surface area contributed by atoms with Gasteiger partial charge in [-0.1, -0.05) is 52.4 Å². The summed E-state index contributed by atoms with van der Waals surface area (Å²) in [7, 11) is 0. The second-order valence-corrected chi connectivity index (χ2v) is 6.31. The summed E-state index contributed by atoms with van der Waals surface area (Å²) in [6.07, 6.45) is 0.514. The molecule has 0 spiro atoms. The zero-order valence-corrected chi connectivity index (χ0v) is 13.7. The summed E-state index contributed by atoms with van der Waals surface area (Å²) in [4.78, 5) is 5.11. The molecule has 1 aromatic heterocycles. The molecule has 0 aliphatic carbocycles. The Morgan fingerprint density at radius 1 is 1.14 bits per heavy atom. The van der Waals surface area contributed by atoms with E-state index in [4.69, 9.17) is 18.0 Å². The van der Waals surface area contributed by atoms with Crippen molar-refractivity contribution < 1.29 is 0 Å². The monoisotopic (exact) mass is 359 g/mol. The van der Waals surface area contributed by atoms with Gasteiger partial charge in [-0.2, -0.15) is 0 Å². The molecule has 5 heteroatoms. The van der Waals surface area contributed by atoms with E-state index in [1.54, 1.807) is 0 Å². The lowest BCUT2D eigenvalue weighted by atomic mass is 10.2. The Bertz CT molecular complexity index is 793. The van der Waals surface area contributed by atoms with E-state index in [2.05, 4.69) is 43.7 Å². The van der Waals surface area contributed by atoms with Crippen LogP contribution in [0, 0.1) is 0 Å². The van der Waals surface area contributed by atoms with Gasteiger partial charge < -0.3 is 10.3 Å². The van der Waals surface area contributed by atoms with Crippen molar-refractivity contribution in [3.63, 3.8) is 0 Å². The van der Waals surface area contributed by atoms with Crippen molar-refractivity contribution >= 4 is 44.2 Å². The van der Waals surface area contributed by atoms with E-state index in [0.717, 1.165) is 27.9 Å². The maximum absolute atomic E-state index is 5.70. The Morgan fingerprint density at radius 3 is 2.57 bits per heavy atom. The first kappa shape index (κ1) is 14.2. The van der Waals surface area contributed by atoms with E-state index in [-0.39, 0.29) is 0 Å². The molecule has 0 aliphatic heterocycles. The lowest BCUT2D eigenvalue weighted by Crippen LogP contribution is -2.15. The molecule has 0 saturated heterocycles. The average molecular weight is 360 g/mol. The molecule has 3 rings (SSSR count). The highest BCUT2D eigenvalue weighted by Gasteiger charge is 2.11. The van der Waals surface area contributed by atoms with E-state index >= 15 is 0 Å². The molecule has 0 radical (unpaired) electrons. The third kappa shape index (κ3) is 3.14. The van der Waals surface area contributed by atoms with Gasteiger partial charge in [0.15, 0.2) is 0 Å². The number of rotatable bonds is 4. The number of para-hydroxylation sites is 2. The minimum atomic E-state index is 0.461. The fraction of sp³-hybridized carbons (Fsp3) is 0.125. The second-order valence-electron chi connectivity index (χ2n) is 4.87. The zero-order chi connectivity index (χ0) is 14.8. The summed E-state index contributed by atoms with van der Waals surface area (Å²) in [6, 6.07) is 16.4. The minimum Gasteiger partial charge on any atom is -0.393 e. The van der Waals surface area contributed by atoms with E-state index in [1.807, 2.05) is 30.3 Å². The topological polar surface area (TPSA) is 43.8 Å².